The summed E-state index contributed by atoms with van der Waals surface area (Å²) in [5.74, 6) is -0.105. The summed E-state index contributed by atoms with van der Waals surface area (Å²) in [6, 6.07) is 13.6. The van der Waals surface area contributed by atoms with E-state index in [-0.39, 0.29) is 28.7 Å². The van der Waals surface area contributed by atoms with Crippen LogP contribution in [0.2, 0.25) is 0 Å². The fraction of sp³-hybridized carbons (Fsp3) is 0.0476. The molecule has 0 bridgehead atoms. The van der Waals surface area contributed by atoms with Crippen LogP contribution >= 0.6 is 0 Å². The molecular formula is C21H13N3O7. The maximum Gasteiger partial charge on any atom is 0.363 e. The van der Waals surface area contributed by atoms with Crippen molar-refractivity contribution in [1.82, 2.24) is 0 Å². The highest BCUT2D eigenvalue weighted by Crippen LogP contribution is 2.29. The predicted molar refractivity (Wildman–Crippen MR) is 109 cm³/mol. The van der Waals surface area contributed by atoms with Crippen LogP contribution in [0.1, 0.15) is 16.9 Å². The van der Waals surface area contributed by atoms with Crippen molar-refractivity contribution >= 4 is 29.3 Å². The number of carbonyl (C=O) groups is 1. The number of rotatable bonds is 5. The van der Waals surface area contributed by atoms with E-state index in [1.54, 1.807) is 37.3 Å². The first-order valence-electron chi connectivity index (χ1n) is 8.95. The number of carbonyl (C=O) groups excluding carboxylic acids is 1. The molecule has 0 radical (unpaired) electrons. The maximum atomic E-state index is 12.2. The van der Waals surface area contributed by atoms with Gasteiger partial charge in [-0.15, -0.1) is 0 Å². The molecule has 0 unspecified atom stereocenters. The van der Waals surface area contributed by atoms with Gasteiger partial charge in [-0.2, -0.15) is 0 Å². The van der Waals surface area contributed by atoms with Crippen LogP contribution in [0.25, 0.3) is 17.4 Å². The lowest BCUT2D eigenvalue weighted by molar-refractivity contribution is -0.385. The lowest BCUT2D eigenvalue weighted by Gasteiger charge is -2.04. The zero-order valence-electron chi connectivity index (χ0n) is 16.0. The van der Waals surface area contributed by atoms with Crippen molar-refractivity contribution in [2.45, 2.75) is 6.92 Å². The second kappa shape index (κ2) is 7.67. The zero-order valence-corrected chi connectivity index (χ0v) is 16.0. The van der Waals surface area contributed by atoms with E-state index in [1.807, 2.05) is 0 Å². The molecule has 4 rings (SSSR count). The minimum Gasteiger partial charge on any atom is -0.457 e. The molecule has 1 aliphatic heterocycles. The molecule has 0 N–H and O–H groups in total. The summed E-state index contributed by atoms with van der Waals surface area (Å²) in [5.41, 5.74) is 0.940. The quantitative estimate of drug-likeness (QED) is 0.258. The van der Waals surface area contributed by atoms with Crippen LogP contribution in [0.4, 0.5) is 11.4 Å². The summed E-state index contributed by atoms with van der Waals surface area (Å²) in [5, 5.41) is 22.1. The van der Waals surface area contributed by atoms with Crippen molar-refractivity contribution in [3.05, 3.63) is 97.4 Å². The Morgan fingerprint density at radius 2 is 1.77 bits per heavy atom. The summed E-state index contributed by atoms with van der Waals surface area (Å²) in [6.07, 6.45) is 1.36. The van der Waals surface area contributed by atoms with Gasteiger partial charge in [0.1, 0.15) is 11.5 Å². The van der Waals surface area contributed by atoms with E-state index in [4.69, 9.17) is 9.15 Å². The number of hydrogen-bond donors (Lipinski definition) is 0. The number of esters is 1. The van der Waals surface area contributed by atoms with Crippen LogP contribution in [-0.4, -0.2) is 21.7 Å². The van der Waals surface area contributed by atoms with E-state index in [1.165, 1.54) is 30.3 Å². The highest BCUT2D eigenvalue weighted by Gasteiger charge is 2.27. The summed E-state index contributed by atoms with van der Waals surface area (Å²) in [6.45, 7) is 1.55. The molecule has 0 spiro atoms. The second-order valence-corrected chi connectivity index (χ2v) is 6.55. The topological polar surface area (TPSA) is 138 Å². The SMILES string of the molecule is Cc1c(C2=N/C(=C\c3ccc(-c4cccc([N+](=O)[O-])c4)o3)C(=O)O2)cccc1[N+](=O)[O-]. The van der Waals surface area contributed by atoms with Crippen molar-refractivity contribution < 1.29 is 23.8 Å². The van der Waals surface area contributed by atoms with Crippen molar-refractivity contribution in [2.24, 2.45) is 4.99 Å². The Hall–Kier alpha value is -4.60. The van der Waals surface area contributed by atoms with Crippen molar-refractivity contribution in [2.75, 3.05) is 0 Å². The molecule has 1 aliphatic rings. The number of cyclic esters (lactones) is 1. The van der Waals surface area contributed by atoms with E-state index in [0.717, 1.165) is 0 Å². The normalized spacial score (nSPS) is 14.4. The first-order valence-corrected chi connectivity index (χ1v) is 8.95. The number of nitro benzene ring substituents is 2. The van der Waals surface area contributed by atoms with Gasteiger partial charge in [0.2, 0.25) is 5.90 Å². The van der Waals surface area contributed by atoms with Crippen LogP contribution in [0.3, 0.4) is 0 Å². The standard InChI is InChI=1S/C21H13N3O7/c1-12-16(6-3-7-18(12)24(28)29)20-22-17(21(25)31-20)11-15-8-9-19(30-15)13-4-2-5-14(10-13)23(26)27/h2-11H,1H3/b17-11-. The van der Waals surface area contributed by atoms with Gasteiger partial charge in [0.15, 0.2) is 5.70 Å². The van der Waals surface area contributed by atoms with Gasteiger partial charge in [0.05, 0.1) is 9.85 Å². The fourth-order valence-electron chi connectivity index (χ4n) is 3.07. The average Bonchev–Trinajstić information content (AvgIpc) is 3.35. The molecule has 31 heavy (non-hydrogen) atoms. The van der Waals surface area contributed by atoms with Crippen LogP contribution < -0.4 is 0 Å². The van der Waals surface area contributed by atoms with Crippen molar-refractivity contribution in [1.29, 1.82) is 0 Å². The first-order chi connectivity index (χ1) is 14.8. The monoisotopic (exact) mass is 419 g/mol. The molecule has 154 valence electrons. The number of aliphatic imine (C=N–C) groups is 1. The Balaban J connectivity index is 1.65. The molecule has 0 atom stereocenters. The van der Waals surface area contributed by atoms with Gasteiger partial charge in [0, 0.05) is 41.0 Å². The summed E-state index contributed by atoms with van der Waals surface area (Å²) < 4.78 is 10.8. The molecule has 0 aliphatic carbocycles. The zero-order chi connectivity index (χ0) is 22.1. The van der Waals surface area contributed by atoms with Gasteiger partial charge in [-0.25, -0.2) is 9.79 Å². The maximum absolute atomic E-state index is 12.2. The van der Waals surface area contributed by atoms with Crippen molar-refractivity contribution in [3.63, 3.8) is 0 Å². The first kappa shape index (κ1) is 19.7. The third kappa shape index (κ3) is 3.81. The summed E-state index contributed by atoms with van der Waals surface area (Å²) >= 11 is 0. The predicted octanol–water partition coefficient (Wildman–Crippen LogP) is 4.42. The highest BCUT2D eigenvalue weighted by molar-refractivity contribution is 6.13. The van der Waals surface area contributed by atoms with E-state index >= 15 is 0 Å². The smallest absolute Gasteiger partial charge is 0.363 e. The number of ether oxygens (including phenoxy) is 1. The van der Waals surface area contributed by atoms with E-state index in [9.17, 15) is 25.0 Å². The van der Waals surface area contributed by atoms with Gasteiger partial charge < -0.3 is 9.15 Å². The highest BCUT2D eigenvalue weighted by atomic mass is 16.6. The van der Waals surface area contributed by atoms with Gasteiger partial charge in [0.25, 0.3) is 11.4 Å². The molecule has 1 aromatic heterocycles. The molecule has 2 heterocycles. The van der Waals surface area contributed by atoms with Gasteiger partial charge in [-0.1, -0.05) is 18.2 Å². The Kier molecular flexibility index (Phi) is 4.88. The molecule has 0 saturated carbocycles. The van der Waals surface area contributed by atoms with Crippen LogP contribution in [0.15, 0.2) is 69.7 Å². The lowest BCUT2D eigenvalue weighted by atomic mass is 10.1. The minimum absolute atomic E-state index is 0.0390. The second-order valence-electron chi connectivity index (χ2n) is 6.55. The third-order valence-electron chi connectivity index (χ3n) is 4.60. The number of nitro groups is 2. The number of hydrogen-bond acceptors (Lipinski definition) is 8. The van der Waals surface area contributed by atoms with Crippen molar-refractivity contribution in [3.8, 4) is 11.3 Å². The van der Waals surface area contributed by atoms with E-state index in [0.29, 0.717) is 22.5 Å². The molecule has 3 aromatic rings. The van der Waals surface area contributed by atoms with Crippen LogP contribution in [0.5, 0.6) is 0 Å². The minimum atomic E-state index is -0.728. The Morgan fingerprint density at radius 3 is 2.52 bits per heavy atom. The van der Waals surface area contributed by atoms with Gasteiger partial charge >= 0.3 is 5.97 Å². The number of benzene rings is 2. The molecule has 0 amide bonds. The Labute approximate surface area is 174 Å². The van der Waals surface area contributed by atoms with Crippen LogP contribution in [0, 0.1) is 27.2 Å². The number of furan rings is 1. The molecule has 10 heteroatoms. The summed E-state index contributed by atoms with van der Waals surface area (Å²) in [4.78, 5) is 37.4. The fourth-order valence-corrected chi connectivity index (χ4v) is 3.07. The Bertz CT molecular complexity index is 1300. The largest absolute Gasteiger partial charge is 0.457 e. The van der Waals surface area contributed by atoms with E-state index < -0.39 is 15.8 Å². The van der Waals surface area contributed by atoms with Crippen LogP contribution in [-0.2, 0) is 9.53 Å². The number of nitrogens with zero attached hydrogens (tertiary/aromatic N) is 3. The Morgan fingerprint density at radius 1 is 1.00 bits per heavy atom. The third-order valence-corrected chi connectivity index (χ3v) is 4.60. The molecular weight excluding hydrogens is 406 g/mol. The molecule has 0 fully saturated rings. The van der Waals surface area contributed by atoms with E-state index in [2.05, 4.69) is 4.99 Å². The molecule has 2 aromatic carbocycles. The molecule has 0 saturated heterocycles. The van der Waals surface area contributed by atoms with Gasteiger partial charge in [-0.3, -0.25) is 20.2 Å². The van der Waals surface area contributed by atoms with Gasteiger partial charge in [-0.05, 0) is 25.1 Å². The number of non-ortho nitro benzene ring substituents is 1. The summed E-state index contributed by atoms with van der Waals surface area (Å²) in [7, 11) is 0. The molecule has 10 nitrogen and oxygen atoms in total. The lowest BCUT2D eigenvalue weighted by Crippen LogP contribution is -2.08. The average molecular weight is 419 g/mol.